The topological polar surface area (TPSA) is 127 Å². The van der Waals surface area contributed by atoms with E-state index in [4.69, 9.17) is 9.90 Å². The molecule has 0 amide bonds. The van der Waals surface area contributed by atoms with Gasteiger partial charge in [0.2, 0.25) is 0 Å². The summed E-state index contributed by atoms with van der Waals surface area (Å²) in [6, 6.07) is 10.8. The molecule has 0 radical (unpaired) electrons. The summed E-state index contributed by atoms with van der Waals surface area (Å²) in [6.07, 6.45) is -0.179. The van der Waals surface area contributed by atoms with Crippen LogP contribution in [0.2, 0.25) is 0 Å². The van der Waals surface area contributed by atoms with Crippen LogP contribution in [0, 0.1) is 18.3 Å². The van der Waals surface area contributed by atoms with Gasteiger partial charge in [0.15, 0.2) is 0 Å². The Labute approximate surface area is 220 Å². The van der Waals surface area contributed by atoms with Gasteiger partial charge < -0.3 is 21.1 Å². The first kappa shape index (κ1) is 27.2. The van der Waals surface area contributed by atoms with E-state index >= 15 is 0 Å². The van der Waals surface area contributed by atoms with Crippen molar-refractivity contribution in [1.29, 1.82) is 5.26 Å². The molecule has 1 aromatic carbocycles. The minimum Gasteiger partial charge on any atom is -0.475 e. The van der Waals surface area contributed by atoms with Crippen molar-refractivity contribution in [3.63, 3.8) is 0 Å². The molecule has 13 heteroatoms. The number of carboxylic acids is 1. The largest absolute Gasteiger partial charge is 0.490 e. The van der Waals surface area contributed by atoms with Crippen molar-refractivity contribution in [1.82, 2.24) is 19.9 Å². The number of piperidine rings is 1. The van der Waals surface area contributed by atoms with Gasteiger partial charge in [0, 0.05) is 23.8 Å². The summed E-state index contributed by atoms with van der Waals surface area (Å²) in [5.41, 5.74) is 5.32. The molecule has 4 N–H and O–H groups in total. The van der Waals surface area contributed by atoms with Crippen molar-refractivity contribution in [2.75, 3.05) is 23.7 Å². The van der Waals surface area contributed by atoms with Crippen LogP contribution >= 0.6 is 11.3 Å². The molecular formula is C25H26F3N7O2S. The van der Waals surface area contributed by atoms with Gasteiger partial charge in [-0.3, -0.25) is 0 Å². The highest BCUT2D eigenvalue weighted by molar-refractivity contribution is 7.18. The summed E-state index contributed by atoms with van der Waals surface area (Å²) in [4.78, 5) is 13.6. The van der Waals surface area contributed by atoms with Gasteiger partial charge in [-0.2, -0.15) is 23.5 Å². The average Bonchev–Trinajstić information content (AvgIpc) is 3.54. The van der Waals surface area contributed by atoms with Crippen LogP contribution in [-0.2, 0) is 11.2 Å². The maximum Gasteiger partial charge on any atom is 0.490 e. The van der Waals surface area contributed by atoms with Crippen LogP contribution in [-0.4, -0.2) is 51.0 Å². The van der Waals surface area contributed by atoms with Gasteiger partial charge in [-0.1, -0.05) is 6.92 Å². The molecule has 200 valence electrons. The maximum absolute atomic E-state index is 10.6. The summed E-state index contributed by atoms with van der Waals surface area (Å²) < 4.78 is 34.7. The van der Waals surface area contributed by atoms with Crippen LogP contribution in [0.15, 0.2) is 30.5 Å². The van der Waals surface area contributed by atoms with Gasteiger partial charge in [-0.25, -0.2) is 14.3 Å². The minimum absolute atomic E-state index is 0.304. The Morgan fingerprint density at radius 3 is 2.76 bits per heavy atom. The van der Waals surface area contributed by atoms with Crippen LogP contribution in [0.3, 0.4) is 0 Å². The normalized spacial score (nSPS) is 15.5. The maximum atomic E-state index is 10.6. The van der Waals surface area contributed by atoms with E-state index in [1.807, 2.05) is 23.6 Å². The van der Waals surface area contributed by atoms with E-state index in [-0.39, 0.29) is 0 Å². The Morgan fingerprint density at radius 1 is 1.37 bits per heavy atom. The summed E-state index contributed by atoms with van der Waals surface area (Å²) in [5.74, 6) is -1.89. The molecule has 5 rings (SSSR count). The number of carboxylic acid groups (broad SMARTS) is 1. The highest BCUT2D eigenvalue weighted by Gasteiger charge is 2.38. The lowest BCUT2D eigenvalue weighted by Crippen LogP contribution is -2.38. The number of anilines is 3. The molecule has 4 aromatic rings. The van der Waals surface area contributed by atoms with Crippen molar-refractivity contribution in [3.8, 4) is 6.07 Å². The second-order valence-electron chi connectivity index (χ2n) is 8.72. The molecule has 1 fully saturated rings. The molecule has 0 spiro atoms. The number of halogens is 3. The van der Waals surface area contributed by atoms with E-state index < -0.39 is 12.1 Å². The van der Waals surface area contributed by atoms with E-state index in [9.17, 15) is 18.4 Å². The molecule has 1 aliphatic rings. The first-order valence-corrected chi connectivity index (χ1v) is 12.8. The summed E-state index contributed by atoms with van der Waals surface area (Å²) in [7, 11) is 0. The molecule has 38 heavy (non-hydrogen) atoms. The van der Waals surface area contributed by atoms with Gasteiger partial charge in [0.05, 0.1) is 32.6 Å². The third kappa shape index (κ3) is 5.81. The Hall–Kier alpha value is -3.89. The minimum atomic E-state index is -5.08. The number of aliphatic carboxylic acids is 1. The summed E-state index contributed by atoms with van der Waals surface area (Å²) >= 11 is 1.73. The number of pyridine rings is 1. The number of benzene rings is 1. The second kappa shape index (κ2) is 11.2. The molecule has 0 aliphatic carbocycles. The van der Waals surface area contributed by atoms with E-state index in [0.717, 1.165) is 75.8 Å². The molecule has 0 saturated carbocycles. The molecule has 1 atom stereocenters. The van der Waals surface area contributed by atoms with Crippen molar-refractivity contribution in [3.05, 3.63) is 46.6 Å². The zero-order chi connectivity index (χ0) is 27.4. The number of rotatable bonds is 5. The van der Waals surface area contributed by atoms with Crippen LogP contribution in [0.4, 0.5) is 30.4 Å². The Balaban J connectivity index is 0.000000426. The Kier molecular flexibility index (Phi) is 8.03. The number of hydrogen-bond donors (Lipinski definition) is 4. The molecule has 4 heterocycles. The zero-order valence-corrected chi connectivity index (χ0v) is 21.5. The number of alkyl halides is 3. The van der Waals surface area contributed by atoms with E-state index in [2.05, 4.69) is 51.2 Å². The third-order valence-corrected chi connectivity index (χ3v) is 7.25. The predicted molar refractivity (Wildman–Crippen MR) is 140 cm³/mol. The van der Waals surface area contributed by atoms with Crippen molar-refractivity contribution in [2.24, 2.45) is 0 Å². The van der Waals surface area contributed by atoms with Crippen LogP contribution in [0.25, 0.3) is 15.7 Å². The third-order valence-electron chi connectivity index (χ3n) is 6.09. The molecular weight excluding hydrogens is 519 g/mol. The molecule has 3 aromatic heterocycles. The fourth-order valence-corrected chi connectivity index (χ4v) is 5.17. The van der Waals surface area contributed by atoms with E-state index in [0.29, 0.717) is 11.6 Å². The lowest BCUT2D eigenvalue weighted by atomic mass is 10.0. The van der Waals surface area contributed by atoms with Crippen LogP contribution < -0.4 is 16.0 Å². The standard InChI is InChI=1S/C23H25N7S.C2HF3O2/c1-3-21-29-18-7-6-15(11-20(18)31-21)28-23-14(2)22(27-16-5-4-9-25-13-16)17(12-24)19-8-10-26-30(19)23;3-2(4,5)1(6)7/h6-8,10-11,16,25,27-28H,3-5,9,13H2,1-2H3;(H,6,7)/t16-;/m0./s1. The summed E-state index contributed by atoms with van der Waals surface area (Å²) in [6.45, 7) is 6.13. The van der Waals surface area contributed by atoms with Gasteiger partial charge in [0.25, 0.3) is 0 Å². The number of carbonyl (C=O) groups is 1. The van der Waals surface area contributed by atoms with Crippen molar-refractivity contribution < 1.29 is 23.1 Å². The van der Waals surface area contributed by atoms with Gasteiger partial charge in [0.1, 0.15) is 17.5 Å². The highest BCUT2D eigenvalue weighted by Crippen LogP contribution is 2.35. The zero-order valence-electron chi connectivity index (χ0n) is 20.7. The molecule has 1 saturated heterocycles. The smallest absolute Gasteiger partial charge is 0.475 e. The van der Waals surface area contributed by atoms with Crippen molar-refractivity contribution in [2.45, 2.75) is 45.3 Å². The lowest BCUT2D eigenvalue weighted by Gasteiger charge is -2.27. The first-order valence-electron chi connectivity index (χ1n) is 12.0. The van der Waals surface area contributed by atoms with Gasteiger partial charge in [-0.05, 0) is 57.0 Å². The number of nitrogens with one attached hydrogen (secondary N) is 3. The monoisotopic (exact) mass is 545 g/mol. The molecule has 1 aliphatic heterocycles. The number of nitrogens with zero attached hydrogens (tertiary/aromatic N) is 4. The lowest BCUT2D eigenvalue weighted by molar-refractivity contribution is -0.192. The fraction of sp³-hybridized carbons (Fsp3) is 0.360. The number of aromatic nitrogens is 3. The number of fused-ring (bicyclic) bond motifs is 2. The van der Waals surface area contributed by atoms with E-state index in [1.165, 1.54) is 0 Å². The van der Waals surface area contributed by atoms with Gasteiger partial charge in [-0.15, -0.1) is 11.3 Å². The predicted octanol–water partition coefficient (Wildman–Crippen LogP) is 5.23. The second-order valence-corrected chi connectivity index (χ2v) is 9.84. The molecule has 0 unspecified atom stereocenters. The van der Waals surface area contributed by atoms with Crippen LogP contribution in [0.1, 0.15) is 35.9 Å². The molecule has 0 bridgehead atoms. The number of hydrogen-bond acceptors (Lipinski definition) is 8. The highest BCUT2D eigenvalue weighted by atomic mass is 32.1. The average molecular weight is 546 g/mol. The fourth-order valence-electron chi connectivity index (χ4n) is 4.22. The van der Waals surface area contributed by atoms with E-state index in [1.54, 1.807) is 17.5 Å². The Morgan fingerprint density at radius 2 is 2.13 bits per heavy atom. The quantitative estimate of drug-likeness (QED) is 0.269. The summed E-state index contributed by atoms with van der Waals surface area (Å²) in [5, 5.41) is 33.4. The first-order chi connectivity index (χ1) is 18.1. The van der Waals surface area contributed by atoms with Crippen molar-refractivity contribution >= 4 is 50.2 Å². The SMILES string of the molecule is CCc1nc2ccc(Nc3c(C)c(N[C@H]4CCCNC4)c(C#N)c4ccnn34)cc2s1.O=C(O)C(F)(F)F. The van der Waals surface area contributed by atoms with Gasteiger partial charge >= 0.3 is 12.1 Å². The number of thiazole rings is 1. The Bertz CT molecular complexity index is 1500. The number of aryl methyl sites for hydroxylation is 1. The molecule has 9 nitrogen and oxygen atoms in total. The number of nitriles is 1. The van der Waals surface area contributed by atoms with Crippen LogP contribution in [0.5, 0.6) is 0 Å².